The molecule has 0 saturated carbocycles. The molecule has 3 rings (SSSR count). The molecule has 1 heterocycles. The molecule has 1 unspecified atom stereocenters. The second-order valence-corrected chi connectivity index (χ2v) is 8.09. The maximum Gasteiger partial charge on any atom is 0.261 e. The summed E-state index contributed by atoms with van der Waals surface area (Å²) in [6, 6.07) is 16.4. The van der Waals surface area contributed by atoms with Crippen molar-refractivity contribution in [2.24, 2.45) is 0 Å². The average Bonchev–Trinajstić information content (AvgIpc) is 3.15. The highest BCUT2D eigenvalue weighted by atomic mass is 32.1. The van der Waals surface area contributed by atoms with Crippen molar-refractivity contribution in [3.63, 3.8) is 0 Å². The SMILES string of the molecule is CCC(NC(=O)c1cc(COc2c(C)cccc2C)cs1)c1ccc(C)cc1. The number of rotatable bonds is 7. The molecule has 3 aromatic rings. The minimum absolute atomic E-state index is 0.0181. The van der Waals surface area contributed by atoms with Crippen LogP contribution < -0.4 is 10.1 Å². The Morgan fingerprint density at radius 3 is 2.39 bits per heavy atom. The van der Waals surface area contributed by atoms with E-state index in [0.717, 1.165) is 34.4 Å². The van der Waals surface area contributed by atoms with Gasteiger partial charge in [-0.2, -0.15) is 0 Å². The van der Waals surface area contributed by atoms with Crippen molar-refractivity contribution in [2.75, 3.05) is 0 Å². The maximum atomic E-state index is 12.7. The average molecular weight is 394 g/mol. The lowest BCUT2D eigenvalue weighted by Gasteiger charge is -2.17. The third kappa shape index (κ3) is 4.82. The number of carbonyl (C=O) groups excluding carboxylic acids is 1. The lowest BCUT2D eigenvalue weighted by Crippen LogP contribution is -2.27. The van der Waals surface area contributed by atoms with E-state index in [2.05, 4.69) is 43.4 Å². The number of hydrogen-bond donors (Lipinski definition) is 1. The van der Waals surface area contributed by atoms with Gasteiger partial charge in [0.15, 0.2) is 0 Å². The summed E-state index contributed by atoms with van der Waals surface area (Å²) in [6.45, 7) is 8.71. The molecule has 0 bridgehead atoms. The van der Waals surface area contributed by atoms with Crippen molar-refractivity contribution >= 4 is 17.2 Å². The van der Waals surface area contributed by atoms with Gasteiger partial charge in [-0.15, -0.1) is 11.3 Å². The quantitative estimate of drug-likeness (QED) is 0.524. The number of para-hydroxylation sites is 1. The highest BCUT2D eigenvalue weighted by Gasteiger charge is 2.16. The molecule has 0 aliphatic rings. The molecule has 0 aliphatic heterocycles. The van der Waals surface area contributed by atoms with Crippen molar-refractivity contribution in [3.05, 3.63) is 86.6 Å². The molecule has 0 spiro atoms. The molecule has 0 saturated heterocycles. The van der Waals surface area contributed by atoms with Crippen LogP contribution in [0.2, 0.25) is 0 Å². The van der Waals surface area contributed by atoms with Crippen molar-refractivity contribution in [1.82, 2.24) is 5.32 Å². The number of carbonyl (C=O) groups is 1. The van der Waals surface area contributed by atoms with Crippen LogP contribution in [0.25, 0.3) is 0 Å². The zero-order valence-corrected chi connectivity index (χ0v) is 17.7. The van der Waals surface area contributed by atoms with Gasteiger partial charge in [-0.1, -0.05) is 55.0 Å². The van der Waals surface area contributed by atoms with E-state index in [4.69, 9.17) is 4.74 Å². The van der Waals surface area contributed by atoms with Gasteiger partial charge in [0.1, 0.15) is 12.4 Å². The van der Waals surface area contributed by atoms with Gasteiger partial charge in [0.25, 0.3) is 5.91 Å². The van der Waals surface area contributed by atoms with Crippen LogP contribution in [0.5, 0.6) is 5.75 Å². The lowest BCUT2D eigenvalue weighted by molar-refractivity contribution is 0.0939. The highest BCUT2D eigenvalue weighted by molar-refractivity contribution is 7.12. The molecule has 28 heavy (non-hydrogen) atoms. The van der Waals surface area contributed by atoms with E-state index in [9.17, 15) is 4.79 Å². The summed E-state index contributed by atoms with van der Waals surface area (Å²) in [5, 5.41) is 5.15. The minimum atomic E-state index is -0.0317. The number of amides is 1. The second kappa shape index (κ2) is 9.07. The molecule has 1 amide bonds. The van der Waals surface area contributed by atoms with Crippen LogP contribution in [0.4, 0.5) is 0 Å². The van der Waals surface area contributed by atoms with Gasteiger partial charge < -0.3 is 10.1 Å². The van der Waals surface area contributed by atoms with Gasteiger partial charge >= 0.3 is 0 Å². The maximum absolute atomic E-state index is 12.7. The third-order valence-electron chi connectivity index (χ3n) is 4.86. The topological polar surface area (TPSA) is 38.3 Å². The zero-order valence-electron chi connectivity index (χ0n) is 16.9. The Morgan fingerprint density at radius 2 is 1.75 bits per heavy atom. The molecule has 2 aromatic carbocycles. The first kappa shape index (κ1) is 20.2. The van der Waals surface area contributed by atoms with Crippen LogP contribution in [0, 0.1) is 20.8 Å². The van der Waals surface area contributed by atoms with Crippen LogP contribution in [-0.2, 0) is 6.61 Å². The first-order chi connectivity index (χ1) is 13.5. The van der Waals surface area contributed by atoms with E-state index >= 15 is 0 Å². The summed E-state index contributed by atoms with van der Waals surface area (Å²) in [4.78, 5) is 13.4. The Labute approximate surface area is 171 Å². The van der Waals surface area contributed by atoms with E-state index in [1.165, 1.54) is 16.9 Å². The first-order valence-corrected chi connectivity index (χ1v) is 10.5. The first-order valence-electron chi connectivity index (χ1n) is 9.61. The Bertz CT molecular complexity index is 923. The number of thiophene rings is 1. The smallest absolute Gasteiger partial charge is 0.261 e. The summed E-state index contributed by atoms with van der Waals surface area (Å²) in [7, 11) is 0. The summed E-state index contributed by atoms with van der Waals surface area (Å²) in [5.41, 5.74) is 5.61. The molecule has 1 atom stereocenters. The Balaban J connectivity index is 1.64. The minimum Gasteiger partial charge on any atom is -0.488 e. The van der Waals surface area contributed by atoms with Gasteiger partial charge in [0.05, 0.1) is 10.9 Å². The van der Waals surface area contributed by atoms with Crippen LogP contribution in [0.1, 0.15) is 56.9 Å². The van der Waals surface area contributed by atoms with Crippen molar-refractivity contribution in [2.45, 2.75) is 46.8 Å². The van der Waals surface area contributed by atoms with Crippen LogP contribution >= 0.6 is 11.3 Å². The lowest BCUT2D eigenvalue weighted by atomic mass is 10.0. The predicted octanol–water partition coefficient (Wildman–Crippen LogP) is 6.13. The Morgan fingerprint density at radius 1 is 1.07 bits per heavy atom. The van der Waals surface area contributed by atoms with Gasteiger partial charge in [0.2, 0.25) is 0 Å². The number of hydrogen-bond acceptors (Lipinski definition) is 3. The van der Waals surface area contributed by atoms with Crippen molar-refractivity contribution in [3.8, 4) is 5.75 Å². The fraction of sp³-hybridized carbons (Fsp3) is 0.292. The molecule has 0 aliphatic carbocycles. The molecule has 3 nitrogen and oxygen atoms in total. The fourth-order valence-corrected chi connectivity index (χ4v) is 4.00. The summed E-state index contributed by atoms with van der Waals surface area (Å²) < 4.78 is 6.00. The largest absolute Gasteiger partial charge is 0.488 e. The van der Waals surface area contributed by atoms with E-state index in [-0.39, 0.29) is 11.9 Å². The Kier molecular flexibility index (Phi) is 6.53. The highest BCUT2D eigenvalue weighted by Crippen LogP contribution is 2.25. The van der Waals surface area contributed by atoms with E-state index in [0.29, 0.717) is 11.5 Å². The normalized spacial score (nSPS) is 11.9. The number of aryl methyl sites for hydroxylation is 3. The summed E-state index contributed by atoms with van der Waals surface area (Å²) >= 11 is 1.46. The summed E-state index contributed by atoms with van der Waals surface area (Å²) in [6.07, 6.45) is 0.850. The van der Waals surface area contributed by atoms with Crippen LogP contribution in [0.3, 0.4) is 0 Å². The third-order valence-corrected chi connectivity index (χ3v) is 5.84. The van der Waals surface area contributed by atoms with Gasteiger partial charge in [-0.05, 0) is 55.3 Å². The predicted molar refractivity (Wildman–Crippen MR) is 116 cm³/mol. The van der Waals surface area contributed by atoms with E-state index in [1.54, 1.807) is 0 Å². The van der Waals surface area contributed by atoms with Gasteiger partial charge in [-0.3, -0.25) is 4.79 Å². The molecule has 1 N–H and O–H groups in total. The molecule has 0 fully saturated rings. The molecule has 4 heteroatoms. The van der Waals surface area contributed by atoms with Gasteiger partial charge in [0, 0.05) is 5.56 Å². The van der Waals surface area contributed by atoms with Gasteiger partial charge in [-0.25, -0.2) is 0 Å². The molecule has 0 radical (unpaired) electrons. The molecule has 1 aromatic heterocycles. The monoisotopic (exact) mass is 393 g/mol. The number of benzene rings is 2. The molecular weight excluding hydrogens is 366 g/mol. The summed E-state index contributed by atoms with van der Waals surface area (Å²) in [5.74, 6) is 0.890. The second-order valence-electron chi connectivity index (χ2n) is 7.17. The van der Waals surface area contributed by atoms with Crippen LogP contribution in [-0.4, -0.2) is 5.91 Å². The van der Waals surface area contributed by atoms with E-state index < -0.39 is 0 Å². The van der Waals surface area contributed by atoms with E-state index in [1.807, 2.05) is 43.5 Å². The molecule has 146 valence electrons. The standard InChI is InChI=1S/C24H27NO2S/c1-5-21(20-11-9-16(2)10-12-20)25-24(26)22-13-19(15-28-22)14-27-23-17(3)7-6-8-18(23)4/h6-13,15,21H,5,14H2,1-4H3,(H,25,26). The van der Waals surface area contributed by atoms with Crippen LogP contribution in [0.15, 0.2) is 53.9 Å². The number of ether oxygens (including phenoxy) is 1. The number of nitrogens with one attached hydrogen (secondary N) is 1. The van der Waals surface area contributed by atoms with Crippen molar-refractivity contribution in [1.29, 1.82) is 0 Å². The Hall–Kier alpha value is -2.59. The fourth-order valence-electron chi connectivity index (χ4n) is 3.20. The van der Waals surface area contributed by atoms with Crippen molar-refractivity contribution < 1.29 is 9.53 Å². The zero-order chi connectivity index (χ0) is 20.1. The molecular formula is C24H27NO2S.